The van der Waals surface area contributed by atoms with Crippen LogP contribution in [0.25, 0.3) is 0 Å². The van der Waals surface area contributed by atoms with Gasteiger partial charge in [0, 0.05) is 18.7 Å². The van der Waals surface area contributed by atoms with Crippen LogP contribution >= 0.6 is 0 Å². The number of benzene rings is 1. The highest BCUT2D eigenvalue weighted by atomic mass is 16.5. The summed E-state index contributed by atoms with van der Waals surface area (Å²) in [5, 5.41) is 3.03. The lowest BCUT2D eigenvalue weighted by Crippen LogP contribution is -2.46. The monoisotopic (exact) mass is 322 g/mol. The van der Waals surface area contributed by atoms with Gasteiger partial charge in [-0.2, -0.15) is 0 Å². The predicted octanol–water partition coefficient (Wildman–Crippen LogP) is 1.60. The summed E-state index contributed by atoms with van der Waals surface area (Å²) in [5.74, 6) is 1.47. The largest absolute Gasteiger partial charge is 0.497 e. The van der Waals surface area contributed by atoms with E-state index in [9.17, 15) is 4.79 Å². The molecule has 2 atom stereocenters. The molecule has 1 aromatic carbocycles. The number of carbonyl (C=O) groups excluding carboxylic acids is 1. The van der Waals surface area contributed by atoms with Crippen molar-refractivity contribution in [1.82, 2.24) is 10.2 Å². The van der Waals surface area contributed by atoms with Crippen molar-refractivity contribution in [3.8, 4) is 11.5 Å². The Morgan fingerprint density at radius 2 is 2.22 bits per heavy atom. The van der Waals surface area contributed by atoms with Crippen molar-refractivity contribution in [2.45, 2.75) is 26.0 Å². The van der Waals surface area contributed by atoms with E-state index in [0.717, 1.165) is 30.2 Å². The minimum Gasteiger partial charge on any atom is -0.497 e. The van der Waals surface area contributed by atoms with E-state index in [1.807, 2.05) is 32.0 Å². The smallest absolute Gasteiger partial charge is 0.234 e. The van der Waals surface area contributed by atoms with Crippen LogP contribution in [0.4, 0.5) is 0 Å². The van der Waals surface area contributed by atoms with E-state index >= 15 is 0 Å². The summed E-state index contributed by atoms with van der Waals surface area (Å²) in [6.07, 6.45) is 0.174. The van der Waals surface area contributed by atoms with Gasteiger partial charge in [-0.05, 0) is 32.0 Å². The fraction of sp³-hybridized carbons (Fsp3) is 0.588. The summed E-state index contributed by atoms with van der Waals surface area (Å²) >= 11 is 0. The maximum Gasteiger partial charge on any atom is 0.234 e. The van der Waals surface area contributed by atoms with Gasteiger partial charge >= 0.3 is 0 Å². The highest BCUT2D eigenvalue weighted by molar-refractivity contribution is 5.78. The molecule has 0 aromatic heterocycles. The molecule has 23 heavy (non-hydrogen) atoms. The number of nitrogens with zero attached hydrogens (tertiary/aromatic N) is 1. The van der Waals surface area contributed by atoms with Gasteiger partial charge in [0.25, 0.3) is 0 Å². The molecule has 6 nitrogen and oxygen atoms in total. The molecule has 0 aliphatic carbocycles. The summed E-state index contributed by atoms with van der Waals surface area (Å²) in [7, 11) is 3.24. The summed E-state index contributed by atoms with van der Waals surface area (Å²) in [6.45, 7) is 6.59. The molecule has 1 aliphatic rings. The van der Waals surface area contributed by atoms with Crippen LogP contribution < -0.4 is 14.8 Å². The first-order valence-corrected chi connectivity index (χ1v) is 7.88. The SMILES string of the molecule is COc1ccc(OC)c(C(C)NC(=O)CN2CCOC(C)C2)c1. The van der Waals surface area contributed by atoms with Crippen LogP contribution in [0.5, 0.6) is 11.5 Å². The molecular formula is C17H26N2O4. The van der Waals surface area contributed by atoms with Crippen LogP contribution in [0.2, 0.25) is 0 Å². The number of hydrogen-bond donors (Lipinski definition) is 1. The summed E-state index contributed by atoms with van der Waals surface area (Å²) in [5.41, 5.74) is 0.899. The maximum atomic E-state index is 12.3. The maximum absolute atomic E-state index is 12.3. The van der Waals surface area contributed by atoms with Crippen LogP contribution in [0.15, 0.2) is 18.2 Å². The van der Waals surface area contributed by atoms with Crippen molar-refractivity contribution in [3.63, 3.8) is 0 Å². The van der Waals surface area contributed by atoms with Crippen molar-refractivity contribution in [1.29, 1.82) is 0 Å². The average molecular weight is 322 g/mol. The Labute approximate surface area is 137 Å². The van der Waals surface area contributed by atoms with Crippen molar-refractivity contribution in [3.05, 3.63) is 23.8 Å². The van der Waals surface area contributed by atoms with E-state index in [1.165, 1.54) is 0 Å². The third-order valence-corrected chi connectivity index (χ3v) is 3.97. The van der Waals surface area contributed by atoms with Crippen LogP contribution in [0.3, 0.4) is 0 Å². The van der Waals surface area contributed by atoms with Crippen LogP contribution in [-0.2, 0) is 9.53 Å². The molecule has 0 radical (unpaired) electrons. The van der Waals surface area contributed by atoms with Crippen molar-refractivity contribution in [2.75, 3.05) is 40.5 Å². The Bertz CT molecular complexity index is 535. The number of ether oxygens (including phenoxy) is 3. The molecule has 0 bridgehead atoms. The number of rotatable bonds is 6. The second kappa shape index (κ2) is 8.17. The van der Waals surface area contributed by atoms with Crippen molar-refractivity contribution in [2.24, 2.45) is 0 Å². The summed E-state index contributed by atoms with van der Waals surface area (Å²) in [4.78, 5) is 14.4. The number of amides is 1. The standard InChI is InChI=1S/C17H26N2O4/c1-12-10-19(7-8-23-12)11-17(20)18-13(2)15-9-14(21-3)5-6-16(15)22-4/h5-6,9,12-13H,7-8,10-11H2,1-4H3,(H,18,20). The van der Waals surface area contributed by atoms with Gasteiger partial charge in [-0.15, -0.1) is 0 Å². The van der Waals surface area contributed by atoms with Gasteiger partial charge in [0.2, 0.25) is 5.91 Å². The highest BCUT2D eigenvalue weighted by Gasteiger charge is 2.21. The Hall–Kier alpha value is -1.79. The van der Waals surface area contributed by atoms with Crippen LogP contribution in [0, 0.1) is 0 Å². The van der Waals surface area contributed by atoms with E-state index in [-0.39, 0.29) is 18.1 Å². The van der Waals surface area contributed by atoms with Gasteiger partial charge in [0.15, 0.2) is 0 Å². The van der Waals surface area contributed by atoms with E-state index in [0.29, 0.717) is 13.2 Å². The quantitative estimate of drug-likeness (QED) is 0.862. The number of carbonyl (C=O) groups is 1. The second-order valence-corrected chi connectivity index (χ2v) is 5.81. The molecule has 1 fully saturated rings. The molecule has 1 aromatic rings. The number of hydrogen-bond acceptors (Lipinski definition) is 5. The fourth-order valence-electron chi connectivity index (χ4n) is 2.78. The van der Waals surface area contributed by atoms with Crippen molar-refractivity contribution >= 4 is 5.91 Å². The molecule has 1 saturated heterocycles. The van der Waals surface area contributed by atoms with Crippen molar-refractivity contribution < 1.29 is 19.0 Å². The summed E-state index contributed by atoms with van der Waals surface area (Å²) in [6, 6.07) is 5.42. The Balaban J connectivity index is 1.97. The van der Waals surface area contributed by atoms with Crippen LogP contribution in [-0.4, -0.2) is 57.4 Å². The predicted molar refractivity (Wildman–Crippen MR) is 88.0 cm³/mol. The molecule has 2 rings (SSSR count). The average Bonchev–Trinajstić information content (AvgIpc) is 2.54. The fourth-order valence-corrected chi connectivity index (χ4v) is 2.78. The van der Waals surface area contributed by atoms with E-state index in [4.69, 9.17) is 14.2 Å². The molecule has 1 heterocycles. The van der Waals surface area contributed by atoms with Gasteiger partial charge in [0.05, 0.1) is 39.5 Å². The molecule has 1 amide bonds. The topological polar surface area (TPSA) is 60.0 Å². The minimum atomic E-state index is -0.161. The molecule has 128 valence electrons. The molecule has 6 heteroatoms. The lowest BCUT2D eigenvalue weighted by Gasteiger charge is -2.30. The normalized spacial score (nSPS) is 19.9. The first-order chi connectivity index (χ1) is 11.0. The zero-order valence-electron chi connectivity index (χ0n) is 14.3. The second-order valence-electron chi connectivity index (χ2n) is 5.81. The number of nitrogens with one attached hydrogen (secondary N) is 1. The minimum absolute atomic E-state index is 0.00327. The van der Waals surface area contributed by atoms with Gasteiger partial charge < -0.3 is 19.5 Å². The third kappa shape index (κ3) is 4.84. The Kier molecular flexibility index (Phi) is 6.24. The lowest BCUT2D eigenvalue weighted by molar-refractivity contribution is -0.124. The Morgan fingerprint density at radius 1 is 1.43 bits per heavy atom. The van der Waals surface area contributed by atoms with Gasteiger partial charge in [0.1, 0.15) is 11.5 Å². The number of methoxy groups -OCH3 is 2. The van der Waals surface area contributed by atoms with E-state index in [1.54, 1.807) is 14.2 Å². The highest BCUT2D eigenvalue weighted by Crippen LogP contribution is 2.29. The lowest BCUT2D eigenvalue weighted by atomic mass is 10.1. The molecule has 2 unspecified atom stereocenters. The zero-order chi connectivity index (χ0) is 16.8. The van der Waals surface area contributed by atoms with Gasteiger partial charge in [-0.25, -0.2) is 0 Å². The van der Waals surface area contributed by atoms with E-state index in [2.05, 4.69) is 10.2 Å². The Morgan fingerprint density at radius 3 is 2.87 bits per heavy atom. The first-order valence-electron chi connectivity index (χ1n) is 7.88. The van der Waals surface area contributed by atoms with E-state index < -0.39 is 0 Å². The van der Waals surface area contributed by atoms with Crippen LogP contribution in [0.1, 0.15) is 25.5 Å². The first kappa shape index (κ1) is 17.6. The van der Waals surface area contributed by atoms with Gasteiger partial charge in [-0.1, -0.05) is 0 Å². The molecule has 1 aliphatic heterocycles. The zero-order valence-corrected chi connectivity index (χ0v) is 14.3. The van der Waals surface area contributed by atoms with Gasteiger partial charge in [-0.3, -0.25) is 9.69 Å². The molecule has 0 saturated carbocycles. The summed E-state index contributed by atoms with van der Waals surface area (Å²) < 4.78 is 16.1. The number of morpholine rings is 1. The molecule has 1 N–H and O–H groups in total. The third-order valence-electron chi connectivity index (χ3n) is 3.97. The molecule has 0 spiro atoms. The molecular weight excluding hydrogens is 296 g/mol.